The number of Topliss-reactive ketones (excluding diaryl/α,β-unsaturated/α-hetero) is 2. The third kappa shape index (κ3) is 3.90. The molecule has 1 aromatic rings. The normalized spacial score (nSPS) is 41.2. The molecule has 1 aromatic heterocycles. The second-order valence-corrected chi connectivity index (χ2v) is 13.5. The smallest absolute Gasteiger partial charge is 0.220 e. The number of nitrogens with one attached hydrogen (secondary N) is 1. The molecule has 4 fully saturated rings. The van der Waals surface area contributed by atoms with Crippen LogP contribution in [0.4, 0.5) is 0 Å². The molecule has 186 valence electrons. The number of thiophene rings is 1. The molecule has 0 aliphatic heterocycles. The molecule has 0 radical (unpaired) electrons. The SMILES string of the molecule is CC(NC(=O)C[C@@H](C)C1CC[C@H]2[C@@H]3C(=O)C[C@@H]4CC(=O)CC[C@]4(C)[C@H]3CC[C@]12C)c1cccs1. The van der Waals surface area contributed by atoms with E-state index in [-0.39, 0.29) is 34.6 Å². The summed E-state index contributed by atoms with van der Waals surface area (Å²) in [5.41, 5.74) is 0.291. The van der Waals surface area contributed by atoms with Crippen LogP contribution in [0.15, 0.2) is 17.5 Å². The Kier molecular flexibility index (Phi) is 6.32. The highest BCUT2D eigenvalue weighted by atomic mass is 32.1. The van der Waals surface area contributed by atoms with E-state index in [0.29, 0.717) is 60.9 Å². The maximum atomic E-state index is 13.5. The summed E-state index contributed by atoms with van der Waals surface area (Å²) in [4.78, 5) is 39.8. The van der Waals surface area contributed by atoms with Gasteiger partial charge in [0.05, 0.1) is 6.04 Å². The Balaban J connectivity index is 1.28. The van der Waals surface area contributed by atoms with E-state index in [1.165, 1.54) is 4.88 Å². The number of rotatable bonds is 5. The summed E-state index contributed by atoms with van der Waals surface area (Å²) in [6, 6.07) is 4.16. The van der Waals surface area contributed by atoms with Crippen molar-refractivity contribution in [3.63, 3.8) is 0 Å². The van der Waals surface area contributed by atoms with Gasteiger partial charge in [-0.15, -0.1) is 11.3 Å². The highest BCUT2D eigenvalue weighted by molar-refractivity contribution is 7.10. The van der Waals surface area contributed by atoms with Gasteiger partial charge in [0, 0.05) is 36.5 Å². The van der Waals surface area contributed by atoms with Gasteiger partial charge in [-0.2, -0.15) is 0 Å². The van der Waals surface area contributed by atoms with Gasteiger partial charge in [-0.1, -0.05) is 26.8 Å². The van der Waals surface area contributed by atoms with E-state index in [1.807, 2.05) is 6.07 Å². The van der Waals surface area contributed by atoms with Crippen molar-refractivity contribution in [1.82, 2.24) is 5.32 Å². The zero-order valence-corrected chi connectivity index (χ0v) is 22.1. The molecule has 0 aromatic carbocycles. The minimum Gasteiger partial charge on any atom is -0.349 e. The molecule has 1 amide bonds. The molecule has 0 spiro atoms. The van der Waals surface area contributed by atoms with Crippen LogP contribution in [0.2, 0.25) is 0 Å². The number of hydrogen-bond donors (Lipinski definition) is 1. The summed E-state index contributed by atoms with van der Waals surface area (Å²) in [5, 5.41) is 5.26. The van der Waals surface area contributed by atoms with Crippen molar-refractivity contribution in [3.05, 3.63) is 22.4 Å². The largest absolute Gasteiger partial charge is 0.349 e. The monoisotopic (exact) mass is 483 g/mol. The standard InChI is InChI=1S/C29H41NO3S/c1-17(14-26(33)30-18(2)25-6-5-13-34-25)21-7-8-22-27-23(10-12-29(21,22)4)28(3)11-9-20(31)15-19(28)16-24(27)32/h5-6,13,17-19,21-23,27H,7-12,14-16H2,1-4H3,(H,30,33)/t17-,18?,19+,21?,22+,23+,27+,28+,29-/m1/s1. The molecule has 4 aliphatic carbocycles. The summed E-state index contributed by atoms with van der Waals surface area (Å²) >= 11 is 1.68. The molecule has 4 saturated carbocycles. The van der Waals surface area contributed by atoms with Gasteiger partial charge in [-0.25, -0.2) is 0 Å². The first kappa shape index (κ1) is 24.2. The number of carbonyl (C=O) groups excluding carboxylic acids is 3. The van der Waals surface area contributed by atoms with Crippen LogP contribution < -0.4 is 5.32 Å². The maximum Gasteiger partial charge on any atom is 0.220 e. The summed E-state index contributed by atoms with van der Waals surface area (Å²) in [6.07, 6.45) is 7.97. The van der Waals surface area contributed by atoms with Gasteiger partial charge in [0.2, 0.25) is 5.91 Å². The number of carbonyl (C=O) groups is 3. The molecule has 9 atom stereocenters. The number of ketones is 2. The van der Waals surface area contributed by atoms with E-state index in [9.17, 15) is 14.4 Å². The van der Waals surface area contributed by atoms with Crippen LogP contribution in [0.3, 0.4) is 0 Å². The fourth-order valence-electron chi connectivity index (χ4n) is 9.04. The molecular formula is C29H41NO3S. The Labute approximate surface area is 208 Å². The lowest BCUT2D eigenvalue weighted by Gasteiger charge is -2.59. The third-order valence-electron chi connectivity index (χ3n) is 10.9. The van der Waals surface area contributed by atoms with Crippen molar-refractivity contribution < 1.29 is 14.4 Å². The summed E-state index contributed by atoms with van der Waals surface area (Å²) in [7, 11) is 0. The second-order valence-electron chi connectivity index (χ2n) is 12.6. The molecule has 2 unspecified atom stereocenters. The van der Waals surface area contributed by atoms with Crippen molar-refractivity contribution >= 4 is 28.8 Å². The molecular weight excluding hydrogens is 442 g/mol. The van der Waals surface area contributed by atoms with Crippen LogP contribution >= 0.6 is 11.3 Å². The van der Waals surface area contributed by atoms with E-state index < -0.39 is 0 Å². The number of amides is 1. The minimum atomic E-state index is 0.0537. The molecule has 34 heavy (non-hydrogen) atoms. The quantitative estimate of drug-likeness (QED) is 0.530. The Morgan fingerprint density at radius 2 is 1.85 bits per heavy atom. The van der Waals surface area contributed by atoms with Crippen molar-refractivity contribution in [2.24, 2.45) is 46.3 Å². The van der Waals surface area contributed by atoms with Crippen LogP contribution in [0.1, 0.15) is 96.4 Å². The molecule has 4 aliphatic rings. The Hall–Kier alpha value is -1.49. The van der Waals surface area contributed by atoms with E-state index in [4.69, 9.17) is 0 Å². The van der Waals surface area contributed by atoms with Crippen LogP contribution in [0.25, 0.3) is 0 Å². The van der Waals surface area contributed by atoms with E-state index in [0.717, 1.165) is 32.1 Å². The zero-order valence-electron chi connectivity index (χ0n) is 21.3. The number of fused-ring (bicyclic) bond motifs is 5. The summed E-state index contributed by atoms with van der Waals surface area (Å²) in [5.74, 6) is 3.05. The average molecular weight is 484 g/mol. The molecule has 1 heterocycles. The van der Waals surface area contributed by atoms with Crippen LogP contribution in [0, 0.1) is 46.3 Å². The summed E-state index contributed by atoms with van der Waals surface area (Å²) in [6.45, 7) is 9.14. The second kappa shape index (κ2) is 8.87. The van der Waals surface area contributed by atoms with Gasteiger partial charge in [0.15, 0.2) is 0 Å². The van der Waals surface area contributed by atoms with Gasteiger partial charge >= 0.3 is 0 Å². The Morgan fingerprint density at radius 1 is 1.09 bits per heavy atom. The van der Waals surface area contributed by atoms with Gasteiger partial charge in [0.25, 0.3) is 0 Å². The molecule has 4 nitrogen and oxygen atoms in total. The van der Waals surface area contributed by atoms with E-state index in [2.05, 4.69) is 44.5 Å². The molecule has 5 rings (SSSR count). The Morgan fingerprint density at radius 3 is 2.59 bits per heavy atom. The molecule has 5 heteroatoms. The molecule has 0 saturated heterocycles. The van der Waals surface area contributed by atoms with E-state index >= 15 is 0 Å². The molecule has 0 bridgehead atoms. The first-order valence-electron chi connectivity index (χ1n) is 13.5. The van der Waals surface area contributed by atoms with Crippen molar-refractivity contribution in [2.45, 2.75) is 91.5 Å². The van der Waals surface area contributed by atoms with Gasteiger partial charge in [0.1, 0.15) is 11.6 Å². The topological polar surface area (TPSA) is 63.2 Å². The fourth-order valence-corrected chi connectivity index (χ4v) is 9.78. The maximum absolute atomic E-state index is 13.5. The van der Waals surface area contributed by atoms with Crippen LogP contribution in [-0.4, -0.2) is 17.5 Å². The van der Waals surface area contributed by atoms with Gasteiger partial charge in [-0.05, 0) is 90.9 Å². The van der Waals surface area contributed by atoms with Gasteiger partial charge < -0.3 is 5.32 Å². The number of hydrogen-bond acceptors (Lipinski definition) is 4. The first-order valence-corrected chi connectivity index (χ1v) is 14.4. The van der Waals surface area contributed by atoms with Crippen LogP contribution in [0.5, 0.6) is 0 Å². The molecule has 1 N–H and O–H groups in total. The predicted octanol–water partition coefficient (Wildman–Crippen LogP) is 6.36. The summed E-state index contributed by atoms with van der Waals surface area (Å²) < 4.78 is 0. The highest BCUT2D eigenvalue weighted by Gasteiger charge is 2.63. The first-order chi connectivity index (χ1) is 16.1. The lowest BCUT2D eigenvalue weighted by atomic mass is 9.44. The predicted molar refractivity (Wildman–Crippen MR) is 135 cm³/mol. The average Bonchev–Trinajstić information content (AvgIpc) is 3.42. The van der Waals surface area contributed by atoms with Crippen molar-refractivity contribution in [3.8, 4) is 0 Å². The van der Waals surface area contributed by atoms with Crippen molar-refractivity contribution in [2.75, 3.05) is 0 Å². The fraction of sp³-hybridized carbons (Fsp3) is 0.759. The highest BCUT2D eigenvalue weighted by Crippen LogP contribution is 2.67. The van der Waals surface area contributed by atoms with Gasteiger partial charge in [-0.3, -0.25) is 14.4 Å². The lowest BCUT2D eigenvalue weighted by Crippen LogP contribution is -2.57. The minimum absolute atomic E-state index is 0.0537. The lowest BCUT2D eigenvalue weighted by molar-refractivity contribution is -0.159. The zero-order chi connectivity index (χ0) is 24.3. The van der Waals surface area contributed by atoms with E-state index in [1.54, 1.807) is 11.3 Å². The Bertz CT molecular complexity index is 957. The van der Waals surface area contributed by atoms with Crippen molar-refractivity contribution in [1.29, 1.82) is 0 Å². The van der Waals surface area contributed by atoms with Crippen LogP contribution in [-0.2, 0) is 14.4 Å². The third-order valence-corrected chi connectivity index (χ3v) is 12.0.